The summed E-state index contributed by atoms with van der Waals surface area (Å²) in [4.78, 5) is 7.11. The van der Waals surface area contributed by atoms with Gasteiger partial charge in [-0.3, -0.25) is 4.99 Å². The van der Waals surface area contributed by atoms with Crippen molar-refractivity contribution >= 4 is 17.6 Å². The highest BCUT2D eigenvalue weighted by atomic mass is 19.1. The summed E-state index contributed by atoms with van der Waals surface area (Å²) in [6.45, 7) is 3.03. The Labute approximate surface area is 142 Å². The van der Waals surface area contributed by atoms with E-state index >= 15 is 0 Å². The number of piperazine rings is 1. The quantitative estimate of drug-likeness (QED) is 0.936. The molecule has 4 rings (SSSR count). The van der Waals surface area contributed by atoms with Crippen molar-refractivity contribution in [3.63, 3.8) is 0 Å². The average molecular weight is 323 g/mol. The zero-order valence-corrected chi connectivity index (χ0v) is 13.7. The molecular weight excluding hydrogens is 301 g/mol. The van der Waals surface area contributed by atoms with Crippen molar-refractivity contribution in [3.8, 4) is 0 Å². The monoisotopic (exact) mass is 323 g/mol. The number of rotatable bonds is 3. The molecule has 24 heavy (non-hydrogen) atoms. The minimum atomic E-state index is -0.112. The van der Waals surface area contributed by atoms with Crippen molar-refractivity contribution < 1.29 is 4.39 Å². The lowest BCUT2D eigenvalue weighted by Gasteiger charge is -2.37. The Balaban J connectivity index is 1.57. The van der Waals surface area contributed by atoms with Gasteiger partial charge in [0.15, 0.2) is 0 Å². The highest BCUT2D eigenvalue weighted by Gasteiger charge is 2.25. The molecule has 0 aliphatic carbocycles. The number of hydrogen-bond acceptors (Lipinski definition) is 3. The van der Waals surface area contributed by atoms with E-state index in [4.69, 9.17) is 0 Å². The maximum absolute atomic E-state index is 13.8. The Morgan fingerprint density at radius 1 is 1.17 bits per heavy atom. The normalized spacial score (nSPS) is 19.5. The molecule has 3 nitrogen and oxygen atoms in total. The van der Waals surface area contributed by atoms with E-state index in [1.807, 2.05) is 18.3 Å². The van der Waals surface area contributed by atoms with Crippen LogP contribution < -0.4 is 10.2 Å². The molecule has 0 amide bonds. The first-order valence-corrected chi connectivity index (χ1v) is 8.67. The molecule has 0 aromatic heterocycles. The number of benzene rings is 2. The Morgan fingerprint density at radius 2 is 2.08 bits per heavy atom. The fourth-order valence-electron chi connectivity index (χ4n) is 3.61. The Morgan fingerprint density at radius 3 is 3.00 bits per heavy atom. The molecule has 2 aromatic carbocycles. The van der Waals surface area contributed by atoms with Gasteiger partial charge in [-0.25, -0.2) is 4.39 Å². The molecule has 0 bridgehead atoms. The third kappa shape index (κ3) is 3.06. The van der Waals surface area contributed by atoms with Crippen LogP contribution in [0.2, 0.25) is 0 Å². The number of halogens is 1. The van der Waals surface area contributed by atoms with Crippen LogP contribution in [-0.4, -0.2) is 31.9 Å². The summed E-state index contributed by atoms with van der Waals surface area (Å²) in [7, 11) is 0. The molecule has 2 aliphatic heterocycles. The third-order valence-corrected chi connectivity index (χ3v) is 4.95. The van der Waals surface area contributed by atoms with E-state index in [9.17, 15) is 4.39 Å². The summed E-state index contributed by atoms with van der Waals surface area (Å²) in [5.74, 6) is -0.112. The highest BCUT2D eigenvalue weighted by molar-refractivity contribution is 5.77. The largest absolute Gasteiger partial charge is 0.364 e. The smallest absolute Gasteiger partial charge is 0.126 e. The van der Waals surface area contributed by atoms with Crippen molar-refractivity contribution in [2.45, 2.75) is 25.3 Å². The van der Waals surface area contributed by atoms with Crippen molar-refractivity contribution in [2.24, 2.45) is 4.99 Å². The van der Waals surface area contributed by atoms with Gasteiger partial charge in [0.25, 0.3) is 0 Å². The first-order chi connectivity index (χ1) is 11.8. The molecule has 124 valence electrons. The number of nitrogens with one attached hydrogen (secondary N) is 1. The molecule has 2 aliphatic rings. The number of nitrogens with zero attached hydrogens (tertiary/aromatic N) is 2. The van der Waals surface area contributed by atoms with Gasteiger partial charge in [-0.05, 0) is 42.2 Å². The van der Waals surface area contributed by atoms with Crippen LogP contribution in [0.15, 0.2) is 47.5 Å². The van der Waals surface area contributed by atoms with Gasteiger partial charge in [-0.15, -0.1) is 0 Å². The molecule has 1 unspecified atom stereocenters. The lowest BCUT2D eigenvalue weighted by atomic mass is 10.0. The Hall–Kier alpha value is -2.20. The second kappa shape index (κ2) is 6.73. The van der Waals surface area contributed by atoms with Crippen LogP contribution in [0.3, 0.4) is 0 Å². The first kappa shape index (κ1) is 15.3. The molecule has 1 fully saturated rings. The molecule has 0 spiro atoms. The van der Waals surface area contributed by atoms with Crippen molar-refractivity contribution in [2.75, 3.05) is 24.5 Å². The minimum absolute atomic E-state index is 0.112. The van der Waals surface area contributed by atoms with E-state index in [1.165, 1.54) is 17.3 Å². The fourth-order valence-corrected chi connectivity index (χ4v) is 3.61. The minimum Gasteiger partial charge on any atom is -0.364 e. The van der Waals surface area contributed by atoms with Crippen LogP contribution in [0.25, 0.3) is 0 Å². The van der Waals surface area contributed by atoms with Crippen LogP contribution in [-0.2, 0) is 12.8 Å². The van der Waals surface area contributed by atoms with Gasteiger partial charge in [-0.1, -0.05) is 24.3 Å². The fraction of sp³-hybridized carbons (Fsp3) is 0.350. The highest BCUT2D eigenvalue weighted by Crippen LogP contribution is 2.34. The Bertz CT molecular complexity index is 756. The molecule has 0 radical (unpaired) electrons. The summed E-state index contributed by atoms with van der Waals surface area (Å²) in [5, 5.41) is 3.47. The van der Waals surface area contributed by atoms with E-state index < -0.39 is 0 Å². The predicted octanol–water partition coefficient (Wildman–Crippen LogP) is 3.50. The third-order valence-electron chi connectivity index (χ3n) is 4.95. The SMILES string of the molecule is Fc1ccccc1CCc1ccc2c(c1)N1CCNCC1CC=N2. The van der Waals surface area contributed by atoms with Crippen molar-refractivity contribution in [1.82, 2.24) is 5.32 Å². The van der Waals surface area contributed by atoms with Crippen LogP contribution in [0.5, 0.6) is 0 Å². The first-order valence-electron chi connectivity index (χ1n) is 8.67. The average Bonchev–Trinajstić information content (AvgIpc) is 2.80. The molecule has 0 saturated carbocycles. The maximum Gasteiger partial charge on any atom is 0.126 e. The zero-order chi connectivity index (χ0) is 16.4. The molecule has 4 heteroatoms. The van der Waals surface area contributed by atoms with Gasteiger partial charge in [0, 0.05) is 38.3 Å². The van der Waals surface area contributed by atoms with Gasteiger partial charge in [0.05, 0.1) is 11.4 Å². The van der Waals surface area contributed by atoms with E-state index in [0.717, 1.165) is 50.1 Å². The summed E-state index contributed by atoms with van der Waals surface area (Å²) >= 11 is 0. The van der Waals surface area contributed by atoms with Crippen molar-refractivity contribution in [3.05, 3.63) is 59.4 Å². The second-order valence-corrected chi connectivity index (χ2v) is 6.51. The van der Waals surface area contributed by atoms with Crippen molar-refractivity contribution in [1.29, 1.82) is 0 Å². The van der Waals surface area contributed by atoms with Gasteiger partial charge >= 0.3 is 0 Å². The van der Waals surface area contributed by atoms with Crippen LogP contribution >= 0.6 is 0 Å². The topological polar surface area (TPSA) is 27.6 Å². The molecule has 1 N–H and O–H groups in total. The maximum atomic E-state index is 13.8. The molecule has 2 aromatic rings. The Kier molecular flexibility index (Phi) is 4.30. The van der Waals surface area contributed by atoms with Gasteiger partial charge in [-0.2, -0.15) is 0 Å². The standard InChI is InChI=1S/C20H22FN3/c21-18-4-2-1-3-16(18)7-5-15-6-8-19-20(13-15)24-12-11-22-14-17(24)9-10-23-19/h1-4,6,8,10,13,17,22H,5,7,9,11-12,14H2. The van der Waals surface area contributed by atoms with E-state index in [0.29, 0.717) is 6.04 Å². The zero-order valence-electron chi connectivity index (χ0n) is 13.7. The van der Waals surface area contributed by atoms with Crippen LogP contribution in [0.1, 0.15) is 17.5 Å². The number of aliphatic imine (C=N–C) groups is 1. The van der Waals surface area contributed by atoms with Gasteiger partial charge in [0.2, 0.25) is 0 Å². The summed E-state index contributed by atoms with van der Waals surface area (Å²) in [5.41, 5.74) is 4.30. The number of hydrogen-bond donors (Lipinski definition) is 1. The van der Waals surface area contributed by atoms with E-state index in [-0.39, 0.29) is 5.82 Å². The lowest BCUT2D eigenvalue weighted by molar-refractivity contribution is 0.488. The number of fused-ring (bicyclic) bond motifs is 3. The predicted molar refractivity (Wildman–Crippen MR) is 97.0 cm³/mol. The molecule has 1 saturated heterocycles. The van der Waals surface area contributed by atoms with Crippen LogP contribution in [0.4, 0.5) is 15.8 Å². The van der Waals surface area contributed by atoms with Gasteiger partial charge in [0.1, 0.15) is 5.82 Å². The summed E-state index contributed by atoms with van der Waals surface area (Å²) < 4.78 is 13.8. The molecule has 1 atom stereocenters. The number of anilines is 1. The molecule has 2 heterocycles. The van der Waals surface area contributed by atoms with Crippen LogP contribution in [0, 0.1) is 5.82 Å². The second-order valence-electron chi connectivity index (χ2n) is 6.51. The van der Waals surface area contributed by atoms with E-state index in [1.54, 1.807) is 6.07 Å². The molecular formula is C20H22FN3. The van der Waals surface area contributed by atoms with Gasteiger partial charge < -0.3 is 10.2 Å². The lowest BCUT2D eigenvalue weighted by Crippen LogP contribution is -2.51. The summed E-state index contributed by atoms with van der Waals surface area (Å²) in [6, 6.07) is 14.0. The summed E-state index contributed by atoms with van der Waals surface area (Å²) in [6.07, 6.45) is 4.58. The number of aryl methyl sites for hydroxylation is 2. The van der Waals surface area contributed by atoms with E-state index in [2.05, 4.69) is 33.4 Å².